The third-order valence-corrected chi connectivity index (χ3v) is 4.18. The number of nitrogens with one attached hydrogen (secondary N) is 2. The number of hydrogen-bond donors (Lipinski definition) is 2. The number of alkyl halides is 1. The van der Waals surface area contributed by atoms with Gasteiger partial charge < -0.3 is 5.32 Å². The molecule has 1 aliphatic rings. The second kappa shape index (κ2) is 5.01. The number of hydrogen-bond acceptors (Lipinski definition) is 3. The van der Waals surface area contributed by atoms with Crippen LogP contribution in [0.5, 0.6) is 0 Å². The first-order valence-corrected chi connectivity index (χ1v) is 7.04. The first-order chi connectivity index (χ1) is 8.13. The summed E-state index contributed by atoms with van der Waals surface area (Å²) in [5, 5.41) is 3.16. The van der Waals surface area contributed by atoms with Gasteiger partial charge in [0.15, 0.2) is 0 Å². The SMILES string of the molecule is O=S(=O)(NCCF)c1ccc2c(c1)NCCC2. The molecule has 0 saturated heterocycles. The smallest absolute Gasteiger partial charge is 0.240 e. The van der Waals surface area contributed by atoms with Crippen LogP contribution in [0.4, 0.5) is 10.1 Å². The Kier molecular flexibility index (Phi) is 3.63. The molecular formula is C11H15FN2O2S. The van der Waals surface area contributed by atoms with Gasteiger partial charge in [0, 0.05) is 18.8 Å². The normalized spacial score (nSPS) is 15.1. The van der Waals surface area contributed by atoms with Crippen molar-refractivity contribution in [2.24, 2.45) is 0 Å². The predicted octanol–water partition coefficient (Wildman–Crippen LogP) is 1.29. The van der Waals surface area contributed by atoms with Crippen LogP contribution >= 0.6 is 0 Å². The van der Waals surface area contributed by atoms with Crippen LogP contribution < -0.4 is 10.0 Å². The molecule has 0 unspecified atom stereocenters. The third kappa shape index (κ3) is 2.76. The molecule has 1 heterocycles. The highest BCUT2D eigenvalue weighted by Crippen LogP contribution is 2.24. The molecular weight excluding hydrogens is 243 g/mol. The van der Waals surface area contributed by atoms with E-state index in [1.165, 1.54) is 0 Å². The fourth-order valence-electron chi connectivity index (χ4n) is 1.86. The lowest BCUT2D eigenvalue weighted by molar-refractivity contribution is 0.486. The minimum atomic E-state index is -3.59. The Morgan fingerprint density at radius 2 is 2.24 bits per heavy atom. The molecule has 0 aromatic heterocycles. The number of sulfonamides is 1. The maximum absolute atomic E-state index is 12.0. The van der Waals surface area contributed by atoms with Crippen molar-refractivity contribution in [1.29, 1.82) is 0 Å². The van der Waals surface area contributed by atoms with Crippen LogP contribution in [0.15, 0.2) is 23.1 Å². The molecule has 0 spiro atoms. The van der Waals surface area contributed by atoms with Gasteiger partial charge in [-0.05, 0) is 30.5 Å². The number of halogens is 1. The lowest BCUT2D eigenvalue weighted by atomic mass is 10.0. The van der Waals surface area contributed by atoms with Crippen LogP contribution in [-0.4, -0.2) is 28.2 Å². The van der Waals surface area contributed by atoms with Gasteiger partial charge in [-0.1, -0.05) is 6.07 Å². The van der Waals surface area contributed by atoms with Gasteiger partial charge in [0.2, 0.25) is 10.0 Å². The molecule has 94 valence electrons. The number of benzene rings is 1. The van der Waals surface area contributed by atoms with E-state index in [1.54, 1.807) is 12.1 Å². The first-order valence-electron chi connectivity index (χ1n) is 5.56. The van der Waals surface area contributed by atoms with E-state index in [9.17, 15) is 12.8 Å². The molecule has 0 bridgehead atoms. The Hall–Kier alpha value is -1.14. The fraction of sp³-hybridized carbons (Fsp3) is 0.455. The highest BCUT2D eigenvalue weighted by atomic mass is 32.2. The zero-order valence-electron chi connectivity index (χ0n) is 9.37. The Bertz CT molecular complexity index is 502. The molecule has 0 amide bonds. The maximum atomic E-state index is 12.0. The van der Waals surface area contributed by atoms with Crippen LogP contribution in [0.2, 0.25) is 0 Å². The quantitative estimate of drug-likeness (QED) is 0.855. The van der Waals surface area contributed by atoms with E-state index >= 15 is 0 Å². The minimum absolute atomic E-state index is 0.180. The van der Waals surface area contributed by atoms with Gasteiger partial charge in [0.25, 0.3) is 0 Å². The van der Waals surface area contributed by atoms with Gasteiger partial charge in [0.1, 0.15) is 6.67 Å². The second-order valence-electron chi connectivity index (χ2n) is 3.94. The molecule has 1 aromatic carbocycles. The van der Waals surface area contributed by atoms with Crippen LogP contribution in [0.1, 0.15) is 12.0 Å². The summed E-state index contributed by atoms with van der Waals surface area (Å²) in [5.41, 5.74) is 1.99. The van der Waals surface area contributed by atoms with E-state index < -0.39 is 16.7 Å². The number of rotatable bonds is 4. The minimum Gasteiger partial charge on any atom is -0.385 e. The van der Waals surface area contributed by atoms with Gasteiger partial charge >= 0.3 is 0 Å². The predicted molar refractivity (Wildman–Crippen MR) is 64.4 cm³/mol. The molecule has 2 rings (SSSR count). The molecule has 6 heteroatoms. The highest BCUT2D eigenvalue weighted by molar-refractivity contribution is 7.89. The number of aryl methyl sites for hydroxylation is 1. The van der Waals surface area contributed by atoms with E-state index in [0.29, 0.717) is 0 Å². The molecule has 0 aliphatic carbocycles. The largest absolute Gasteiger partial charge is 0.385 e. The summed E-state index contributed by atoms with van der Waals surface area (Å²) in [6, 6.07) is 4.98. The Morgan fingerprint density at radius 1 is 1.41 bits per heavy atom. The van der Waals surface area contributed by atoms with E-state index in [2.05, 4.69) is 10.0 Å². The van der Waals surface area contributed by atoms with Crippen molar-refractivity contribution in [3.05, 3.63) is 23.8 Å². The first kappa shape index (κ1) is 12.3. The lowest BCUT2D eigenvalue weighted by Crippen LogP contribution is -2.26. The fourth-order valence-corrected chi connectivity index (χ4v) is 2.90. The van der Waals surface area contributed by atoms with Crippen molar-refractivity contribution in [1.82, 2.24) is 4.72 Å². The summed E-state index contributed by atoms with van der Waals surface area (Å²) in [6.07, 6.45) is 2.01. The molecule has 4 nitrogen and oxygen atoms in total. The van der Waals surface area contributed by atoms with Gasteiger partial charge in [-0.15, -0.1) is 0 Å². The molecule has 2 N–H and O–H groups in total. The van der Waals surface area contributed by atoms with E-state index in [1.807, 2.05) is 6.07 Å². The van der Waals surface area contributed by atoms with Crippen molar-refractivity contribution in [3.63, 3.8) is 0 Å². The maximum Gasteiger partial charge on any atom is 0.240 e. The van der Waals surface area contributed by atoms with E-state index in [0.717, 1.165) is 30.6 Å². The summed E-state index contributed by atoms with van der Waals surface area (Å²) < 4.78 is 37.7. The third-order valence-electron chi connectivity index (χ3n) is 2.72. The Balaban J connectivity index is 2.27. The van der Waals surface area contributed by atoms with Crippen LogP contribution in [0.25, 0.3) is 0 Å². The average molecular weight is 258 g/mol. The Morgan fingerprint density at radius 3 is 3.00 bits per heavy atom. The average Bonchev–Trinajstić information content (AvgIpc) is 2.36. The van der Waals surface area contributed by atoms with Gasteiger partial charge in [-0.2, -0.15) is 0 Å². The molecule has 0 saturated carbocycles. The van der Waals surface area contributed by atoms with E-state index in [4.69, 9.17) is 0 Å². The molecule has 17 heavy (non-hydrogen) atoms. The summed E-state index contributed by atoms with van der Waals surface area (Å²) in [7, 11) is -3.59. The molecule has 1 aliphatic heterocycles. The lowest BCUT2D eigenvalue weighted by Gasteiger charge is -2.18. The van der Waals surface area contributed by atoms with Crippen molar-refractivity contribution < 1.29 is 12.8 Å². The number of anilines is 1. The van der Waals surface area contributed by atoms with Crippen LogP contribution in [0, 0.1) is 0 Å². The Labute approximate surface area is 100 Å². The standard InChI is InChI=1S/C11H15FN2O2S/c12-5-7-14-17(15,16)10-4-3-9-2-1-6-13-11(9)8-10/h3-4,8,13-14H,1-2,5-7H2. The van der Waals surface area contributed by atoms with Crippen molar-refractivity contribution >= 4 is 15.7 Å². The zero-order chi connectivity index (χ0) is 12.3. The van der Waals surface area contributed by atoms with Crippen molar-refractivity contribution in [2.45, 2.75) is 17.7 Å². The summed E-state index contributed by atoms with van der Waals surface area (Å²) in [6.45, 7) is -0.0380. The molecule has 0 radical (unpaired) electrons. The zero-order valence-corrected chi connectivity index (χ0v) is 10.2. The van der Waals surface area contributed by atoms with Gasteiger partial charge in [-0.25, -0.2) is 17.5 Å². The van der Waals surface area contributed by atoms with Gasteiger partial charge in [-0.3, -0.25) is 0 Å². The summed E-state index contributed by atoms with van der Waals surface area (Å²) in [5.74, 6) is 0. The second-order valence-corrected chi connectivity index (χ2v) is 5.70. The summed E-state index contributed by atoms with van der Waals surface area (Å²) in [4.78, 5) is 0.180. The highest BCUT2D eigenvalue weighted by Gasteiger charge is 2.16. The van der Waals surface area contributed by atoms with Crippen molar-refractivity contribution in [2.75, 3.05) is 25.1 Å². The molecule has 0 atom stereocenters. The van der Waals surface area contributed by atoms with Gasteiger partial charge in [0.05, 0.1) is 4.90 Å². The van der Waals surface area contributed by atoms with Crippen molar-refractivity contribution in [3.8, 4) is 0 Å². The topological polar surface area (TPSA) is 58.2 Å². The molecule has 1 aromatic rings. The van der Waals surface area contributed by atoms with Crippen LogP contribution in [-0.2, 0) is 16.4 Å². The number of fused-ring (bicyclic) bond motifs is 1. The monoisotopic (exact) mass is 258 g/mol. The van der Waals surface area contributed by atoms with E-state index in [-0.39, 0.29) is 11.4 Å². The summed E-state index contributed by atoms with van der Waals surface area (Å²) >= 11 is 0. The molecule has 0 fully saturated rings. The van der Waals surface area contributed by atoms with Crippen LogP contribution in [0.3, 0.4) is 0 Å².